The van der Waals surface area contributed by atoms with Gasteiger partial charge in [-0.3, -0.25) is 4.79 Å². The van der Waals surface area contributed by atoms with Crippen LogP contribution >= 0.6 is 0 Å². The summed E-state index contributed by atoms with van der Waals surface area (Å²) < 4.78 is 39.9. The topological polar surface area (TPSA) is 95.0 Å². The molecule has 0 saturated carbocycles. The summed E-state index contributed by atoms with van der Waals surface area (Å²) in [5.74, 6) is -0.241. The standard InChI is InChI=1S/C23H22F3N5O2/c1-13(29-14(2)32)22(33)30-21-11-27-20-8-3-15(9-19(20)21)16-10-28-31(12-16)18-6-4-17(5-7-18)23(24,25)26/h3-13,22,27,30,33H,1-2H3,(H,29,32). The molecule has 2 atom stereocenters. The lowest BCUT2D eigenvalue weighted by molar-refractivity contribution is -0.137. The van der Waals surface area contributed by atoms with Crippen LogP contribution in [0, 0.1) is 0 Å². The average Bonchev–Trinajstić information content (AvgIpc) is 3.40. The van der Waals surface area contributed by atoms with Crippen molar-refractivity contribution in [3.63, 3.8) is 0 Å². The SMILES string of the molecule is CC(=O)NC(C)C(O)Nc1c[nH]c2ccc(-c3cnn(-c4ccc(C(F)(F)F)cc4)c3)cc12. The number of amides is 1. The highest BCUT2D eigenvalue weighted by molar-refractivity contribution is 5.95. The molecule has 0 saturated heterocycles. The number of aliphatic hydroxyl groups excluding tert-OH is 1. The maximum Gasteiger partial charge on any atom is 0.416 e. The van der Waals surface area contributed by atoms with Crippen LogP contribution in [0.5, 0.6) is 0 Å². The van der Waals surface area contributed by atoms with Crippen molar-refractivity contribution in [2.24, 2.45) is 0 Å². The molecule has 0 radical (unpaired) electrons. The number of H-pyrrole nitrogens is 1. The van der Waals surface area contributed by atoms with E-state index in [4.69, 9.17) is 0 Å². The number of alkyl halides is 3. The van der Waals surface area contributed by atoms with E-state index >= 15 is 0 Å². The number of halogens is 3. The zero-order valence-electron chi connectivity index (χ0n) is 17.8. The van der Waals surface area contributed by atoms with E-state index < -0.39 is 24.0 Å². The Labute approximate surface area is 187 Å². The largest absolute Gasteiger partial charge is 0.416 e. The van der Waals surface area contributed by atoms with Crippen LogP contribution in [0.1, 0.15) is 19.4 Å². The zero-order chi connectivity index (χ0) is 23.8. The molecule has 172 valence electrons. The fourth-order valence-corrected chi connectivity index (χ4v) is 3.52. The van der Waals surface area contributed by atoms with Gasteiger partial charge in [0.2, 0.25) is 5.91 Å². The Morgan fingerprint density at radius 1 is 1.15 bits per heavy atom. The molecule has 4 N–H and O–H groups in total. The first-order valence-corrected chi connectivity index (χ1v) is 10.2. The number of hydrogen-bond acceptors (Lipinski definition) is 4. The van der Waals surface area contributed by atoms with Crippen molar-refractivity contribution in [3.8, 4) is 16.8 Å². The van der Waals surface area contributed by atoms with Gasteiger partial charge in [-0.2, -0.15) is 18.3 Å². The molecule has 4 rings (SSSR count). The third-order valence-electron chi connectivity index (χ3n) is 5.26. The molecule has 0 aliphatic rings. The van der Waals surface area contributed by atoms with E-state index in [1.807, 2.05) is 18.2 Å². The number of nitrogens with zero attached hydrogens (tertiary/aromatic N) is 2. The van der Waals surface area contributed by atoms with Gasteiger partial charge in [0.1, 0.15) is 6.23 Å². The highest BCUT2D eigenvalue weighted by atomic mass is 19.4. The number of carbonyl (C=O) groups excluding carboxylic acids is 1. The van der Waals surface area contributed by atoms with Crippen LogP contribution in [0.3, 0.4) is 0 Å². The molecule has 33 heavy (non-hydrogen) atoms. The van der Waals surface area contributed by atoms with Gasteiger partial charge in [0.15, 0.2) is 0 Å². The van der Waals surface area contributed by atoms with E-state index in [0.29, 0.717) is 11.4 Å². The first-order chi connectivity index (χ1) is 15.6. The van der Waals surface area contributed by atoms with Crippen molar-refractivity contribution in [1.82, 2.24) is 20.1 Å². The van der Waals surface area contributed by atoms with Crippen LogP contribution in [0.15, 0.2) is 61.1 Å². The minimum atomic E-state index is -4.39. The third-order valence-corrected chi connectivity index (χ3v) is 5.26. The van der Waals surface area contributed by atoms with Gasteiger partial charge in [-0.05, 0) is 48.9 Å². The summed E-state index contributed by atoms with van der Waals surface area (Å²) >= 11 is 0. The minimum Gasteiger partial charge on any atom is -0.372 e. The Morgan fingerprint density at radius 3 is 2.55 bits per heavy atom. The third kappa shape index (κ3) is 4.85. The lowest BCUT2D eigenvalue weighted by Gasteiger charge is -2.21. The van der Waals surface area contributed by atoms with Gasteiger partial charge in [0.05, 0.1) is 29.2 Å². The monoisotopic (exact) mass is 457 g/mol. The number of carbonyl (C=O) groups is 1. The van der Waals surface area contributed by atoms with Crippen molar-refractivity contribution in [2.45, 2.75) is 32.3 Å². The Kier molecular flexibility index (Phi) is 5.86. The van der Waals surface area contributed by atoms with Crippen molar-refractivity contribution in [3.05, 3.63) is 66.6 Å². The smallest absolute Gasteiger partial charge is 0.372 e. The second kappa shape index (κ2) is 8.62. The van der Waals surface area contributed by atoms with E-state index in [1.54, 1.807) is 25.5 Å². The molecule has 2 aromatic carbocycles. The Morgan fingerprint density at radius 2 is 1.88 bits per heavy atom. The molecule has 0 bridgehead atoms. The predicted octanol–water partition coefficient (Wildman–Crippen LogP) is 4.29. The molecule has 1 amide bonds. The van der Waals surface area contributed by atoms with E-state index in [-0.39, 0.29) is 5.91 Å². The van der Waals surface area contributed by atoms with E-state index in [2.05, 4.69) is 20.7 Å². The Balaban J connectivity index is 1.58. The van der Waals surface area contributed by atoms with E-state index in [9.17, 15) is 23.1 Å². The molecule has 0 spiro atoms. The molecular formula is C23H22F3N5O2. The highest BCUT2D eigenvalue weighted by Gasteiger charge is 2.30. The van der Waals surface area contributed by atoms with Crippen LogP contribution in [0.2, 0.25) is 0 Å². The number of aliphatic hydroxyl groups is 1. The lowest BCUT2D eigenvalue weighted by atomic mass is 10.1. The van der Waals surface area contributed by atoms with Gasteiger partial charge in [-0.25, -0.2) is 4.68 Å². The second-order valence-corrected chi connectivity index (χ2v) is 7.76. The van der Waals surface area contributed by atoms with Gasteiger partial charge in [0.25, 0.3) is 0 Å². The van der Waals surface area contributed by atoms with Gasteiger partial charge in [-0.1, -0.05) is 6.07 Å². The molecule has 2 unspecified atom stereocenters. The number of benzene rings is 2. The van der Waals surface area contributed by atoms with Crippen LogP contribution in [-0.4, -0.2) is 38.0 Å². The van der Waals surface area contributed by atoms with Crippen molar-refractivity contribution < 1.29 is 23.1 Å². The zero-order valence-corrected chi connectivity index (χ0v) is 17.8. The molecular weight excluding hydrogens is 435 g/mol. The summed E-state index contributed by atoms with van der Waals surface area (Å²) in [7, 11) is 0. The lowest BCUT2D eigenvalue weighted by Crippen LogP contribution is -2.43. The summed E-state index contributed by atoms with van der Waals surface area (Å²) in [5, 5.41) is 21.1. The number of aromatic nitrogens is 3. The minimum absolute atomic E-state index is 0.241. The molecule has 2 heterocycles. The van der Waals surface area contributed by atoms with Gasteiger partial charge >= 0.3 is 6.18 Å². The number of rotatable bonds is 6. The number of nitrogens with one attached hydrogen (secondary N) is 3. The van der Waals surface area contributed by atoms with Gasteiger partial charge in [-0.15, -0.1) is 0 Å². The van der Waals surface area contributed by atoms with E-state index in [0.717, 1.165) is 34.2 Å². The molecule has 0 fully saturated rings. The predicted molar refractivity (Wildman–Crippen MR) is 119 cm³/mol. The normalized spacial score (nSPS) is 13.6. The van der Waals surface area contributed by atoms with E-state index in [1.165, 1.54) is 23.7 Å². The summed E-state index contributed by atoms with van der Waals surface area (Å²) in [6, 6.07) is 9.97. The quantitative estimate of drug-likeness (QED) is 0.325. The molecule has 0 aliphatic carbocycles. The average molecular weight is 457 g/mol. The van der Waals surface area contributed by atoms with Crippen LogP contribution in [0.4, 0.5) is 18.9 Å². The number of fused-ring (bicyclic) bond motifs is 1. The Hall–Kier alpha value is -3.79. The van der Waals surface area contributed by atoms with Crippen LogP contribution < -0.4 is 10.6 Å². The maximum atomic E-state index is 12.8. The summed E-state index contributed by atoms with van der Waals surface area (Å²) in [4.78, 5) is 14.4. The number of hydrogen-bond donors (Lipinski definition) is 4. The first-order valence-electron chi connectivity index (χ1n) is 10.2. The van der Waals surface area contributed by atoms with Gasteiger partial charge in [0, 0.05) is 35.8 Å². The number of aromatic amines is 1. The summed E-state index contributed by atoms with van der Waals surface area (Å²) in [6.07, 6.45) is -0.300. The van der Waals surface area contributed by atoms with Crippen molar-refractivity contribution in [1.29, 1.82) is 0 Å². The number of anilines is 1. The molecule has 0 aliphatic heterocycles. The molecule has 7 nitrogen and oxygen atoms in total. The molecule has 2 aromatic heterocycles. The molecule has 4 aromatic rings. The maximum absolute atomic E-state index is 12.8. The first kappa shape index (κ1) is 22.4. The van der Waals surface area contributed by atoms with Crippen molar-refractivity contribution >= 4 is 22.5 Å². The fraction of sp³-hybridized carbons (Fsp3) is 0.217. The second-order valence-electron chi connectivity index (χ2n) is 7.76. The van der Waals surface area contributed by atoms with Gasteiger partial charge < -0.3 is 20.7 Å². The van der Waals surface area contributed by atoms with Crippen LogP contribution in [-0.2, 0) is 11.0 Å². The Bertz CT molecular complexity index is 1280. The summed E-state index contributed by atoms with van der Waals surface area (Å²) in [5.41, 5.74) is 2.91. The van der Waals surface area contributed by atoms with Crippen LogP contribution in [0.25, 0.3) is 27.7 Å². The molecule has 10 heteroatoms. The van der Waals surface area contributed by atoms with Crippen molar-refractivity contribution in [2.75, 3.05) is 5.32 Å². The fourth-order valence-electron chi connectivity index (χ4n) is 3.52. The highest BCUT2D eigenvalue weighted by Crippen LogP contribution is 2.31. The summed E-state index contributed by atoms with van der Waals surface area (Å²) in [6.45, 7) is 3.07.